The molecule has 0 radical (unpaired) electrons. The van der Waals surface area contributed by atoms with Gasteiger partial charge in [-0.05, 0) is 26.1 Å². The molecule has 116 valence electrons. The molecule has 0 aliphatic carbocycles. The van der Waals surface area contributed by atoms with Gasteiger partial charge in [-0.25, -0.2) is 13.1 Å². The summed E-state index contributed by atoms with van der Waals surface area (Å²) in [5.74, 6) is 0.752. The van der Waals surface area contributed by atoms with E-state index in [-0.39, 0.29) is 11.1 Å². The van der Waals surface area contributed by atoms with Gasteiger partial charge in [0.05, 0.1) is 0 Å². The van der Waals surface area contributed by atoms with Gasteiger partial charge in [-0.1, -0.05) is 13.8 Å². The first kappa shape index (κ1) is 17.5. The molecule has 0 aromatic carbocycles. The minimum absolute atomic E-state index is 0.0704. The quantitative estimate of drug-likeness (QED) is 0.637. The minimum atomic E-state index is -3.58. The molecule has 1 unspecified atom stereocenters. The lowest BCUT2D eigenvalue weighted by Gasteiger charge is -2.15. The summed E-state index contributed by atoms with van der Waals surface area (Å²) >= 11 is 1.63. The Hall–Kier alpha value is -0.570. The van der Waals surface area contributed by atoms with Crippen LogP contribution in [0.5, 0.6) is 0 Å². The van der Waals surface area contributed by atoms with E-state index in [9.17, 15) is 8.42 Å². The number of nitrogens with one attached hydrogen (secondary N) is 3. The van der Waals surface area contributed by atoms with Crippen molar-refractivity contribution in [3.05, 3.63) is 11.3 Å². The Labute approximate surface area is 125 Å². The lowest BCUT2D eigenvalue weighted by atomic mass is 10.2. The normalized spacial score (nSPS) is 13.6. The van der Waals surface area contributed by atoms with Crippen molar-refractivity contribution in [3.8, 4) is 0 Å². The largest absolute Gasteiger partial charge is 0.313 e. The van der Waals surface area contributed by atoms with E-state index in [1.54, 1.807) is 11.8 Å². The number of hydrogen-bond donors (Lipinski definition) is 3. The predicted molar refractivity (Wildman–Crippen MR) is 83.5 cm³/mol. The topological polar surface area (TPSA) is 86.9 Å². The first-order valence-corrected chi connectivity index (χ1v) is 9.59. The van der Waals surface area contributed by atoms with Crippen molar-refractivity contribution >= 4 is 21.8 Å². The molecule has 0 aliphatic heterocycles. The molecule has 20 heavy (non-hydrogen) atoms. The highest BCUT2D eigenvalue weighted by Crippen LogP contribution is 2.17. The predicted octanol–water partition coefficient (Wildman–Crippen LogP) is 1.25. The number of H-pyrrole nitrogens is 1. The van der Waals surface area contributed by atoms with Crippen molar-refractivity contribution in [3.63, 3.8) is 0 Å². The summed E-state index contributed by atoms with van der Waals surface area (Å²) in [5.41, 5.74) is 1.49. The fourth-order valence-corrected chi connectivity index (χ4v) is 4.16. The van der Waals surface area contributed by atoms with Crippen LogP contribution in [0.25, 0.3) is 0 Å². The molecule has 0 saturated carbocycles. The Bertz CT molecular complexity index is 514. The molecule has 8 heteroatoms. The van der Waals surface area contributed by atoms with E-state index in [0.717, 1.165) is 24.4 Å². The van der Waals surface area contributed by atoms with Crippen molar-refractivity contribution in [2.75, 3.05) is 18.6 Å². The molecule has 0 fully saturated rings. The van der Waals surface area contributed by atoms with Crippen LogP contribution < -0.4 is 10.0 Å². The SMILES string of the molecule is CCNCc1c(S(=O)(=O)NC(CC)CSC)n[nH]c1C. The molecule has 0 bridgehead atoms. The highest BCUT2D eigenvalue weighted by atomic mass is 32.2. The Morgan fingerprint density at radius 1 is 1.40 bits per heavy atom. The third-order valence-corrected chi connectivity index (χ3v) is 5.25. The number of thioether (sulfide) groups is 1. The monoisotopic (exact) mass is 320 g/mol. The molecule has 1 atom stereocenters. The van der Waals surface area contributed by atoms with Gasteiger partial charge in [-0.2, -0.15) is 16.9 Å². The molecule has 1 aromatic heterocycles. The summed E-state index contributed by atoms with van der Waals surface area (Å²) in [4.78, 5) is 0. The van der Waals surface area contributed by atoms with E-state index in [2.05, 4.69) is 20.2 Å². The third kappa shape index (κ3) is 4.47. The number of hydrogen-bond acceptors (Lipinski definition) is 5. The summed E-state index contributed by atoms with van der Waals surface area (Å²) in [6.07, 6.45) is 2.72. The number of aromatic amines is 1. The second-order valence-electron chi connectivity index (χ2n) is 4.59. The maximum atomic E-state index is 12.4. The van der Waals surface area contributed by atoms with E-state index in [4.69, 9.17) is 0 Å². The minimum Gasteiger partial charge on any atom is -0.313 e. The third-order valence-electron chi connectivity index (χ3n) is 3.02. The van der Waals surface area contributed by atoms with E-state index < -0.39 is 10.0 Å². The van der Waals surface area contributed by atoms with Crippen molar-refractivity contribution in [2.24, 2.45) is 0 Å². The lowest BCUT2D eigenvalue weighted by Crippen LogP contribution is -2.37. The van der Waals surface area contributed by atoms with Gasteiger partial charge in [0.2, 0.25) is 0 Å². The van der Waals surface area contributed by atoms with Crippen LogP contribution in [0.2, 0.25) is 0 Å². The Balaban J connectivity index is 2.97. The van der Waals surface area contributed by atoms with Gasteiger partial charge in [-0.3, -0.25) is 5.10 Å². The van der Waals surface area contributed by atoms with Gasteiger partial charge in [0, 0.05) is 29.6 Å². The zero-order valence-corrected chi connectivity index (χ0v) is 14.1. The summed E-state index contributed by atoms with van der Waals surface area (Å²) in [6, 6.07) is -0.0704. The number of sulfonamides is 1. The number of rotatable bonds is 9. The molecule has 3 N–H and O–H groups in total. The Morgan fingerprint density at radius 2 is 2.10 bits per heavy atom. The van der Waals surface area contributed by atoms with Crippen molar-refractivity contribution in [1.82, 2.24) is 20.2 Å². The molecular weight excluding hydrogens is 296 g/mol. The van der Waals surface area contributed by atoms with Crippen LogP contribution in [0, 0.1) is 6.92 Å². The molecule has 0 amide bonds. The van der Waals surface area contributed by atoms with Gasteiger partial charge in [0.1, 0.15) is 0 Å². The summed E-state index contributed by atoms with van der Waals surface area (Å²) in [7, 11) is -3.58. The van der Waals surface area contributed by atoms with Crippen LogP contribution in [0.3, 0.4) is 0 Å². The highest BCUT2D eigenvalue weighted by Gasteiger charge is 2.25. The van der Waals surface area contributed by atoms with Gasteiger partial charge in [0.15, 0.2) is 5.03 Å². The van der Waals surface area contributed by atoms with Crippen LogP contribution in [0.4, 0.5) is 0 Å². The van der Waals surface area contributed by atoms with Crippen LogP contribution in [-0.2, 0) is 16.6 Å². The Morgan fingerprint density at radius 3 is 2.65 bits per heavy atom. The molecule has 1 rings (SSSR count). The summed E-state index contributed by atoms with van der Waals surface area (Å²) in [6.45, 7) is 7.06. The second kappa shape index (κ2) is 8.02. The molecule has 0 saturated heterocycles. The van der Waals surface area contributed by atoms with Crippen molar-refractivity contribution in [1.29, 1.82) is 0 Å². The van der Waals surface area contributed by atoms with E-state index in [1.807, 2.05) is 27.0 Å². The van der Waals surface area contributed by atoms with Crippen LogP contribution in [0.1, 0.15) is 31.5 Å². The molecule has 0 spiro atoms. The van der Waals surface area contributed by atoms with E-state index >= 15 is 0 Å². The molecular formula is C12H24N4O2S2. The fourth-order valence-electron chi connectivity index (χ4n) is 1.82. The summed E-state index contributed by atoms with van der Waals surface area (Å²) < 4.78 is 27.6. The number of aryl methyl sites for hydroxylation is 1. The van der Waals surface area contributed by atoms with Gasteiger partial charge in [-0.15, -0.1) is 0 Å². The maximum absolute atomic E-state index is 12.4. The molecule has 1 aromatic rings. The summed E-state index contributed by atoms with van der Waals surface area (Å²) in [5, 5.41) is 9.97. The first-order chi connectivity index (χ1) is 9.46. The van der Waals surface area contributed by atoms with E-state index in [1.165, 1.54) is 0 Å². The smallest absolute Gasteiger partial charge is 0.260 e. The fraction of sp³-hybridized carbons (Fsp3) is 0.750. The standard InChI is InChI=1S/C12H24N4O2S2/c1-5-10(8-19-4)16-20(17,18)12-11(7-13-6-2)9(3)14-15-12/h10,13,16H,5-8H2,1-4H3,(H,14,15). The van der Waals surface area contributed by atoms with Gasteiger partial charge < -0.3 is 5.32 Å². The van der Waals surface area contributed by atoms with Crippen molar-refractivity contribution < 1.29 is 8.42 Å². The molecule has 1 heterocycles. The van der Waals surface area contributed by atoms with Gasteiger partial charge >= 0.3 is 0 Å². The average Bonchev–Trinajstić information content (AvgIpc) is 2.77. The maximum Gasteiger partial charge on any atom is 0.260 e. The second-order valence-corrected chi connectivity index (χ2v) is 7.13. The van der Waals surface area contributed by atoms with Crippen LogP contribution in [0.15, 0.2) is 5.03 Å². The lowest BCUT2D eigenvalue weighted by molar-refractivity contribution is 0.552. The zero-order chi connectivity index (χ0) is 15.2. The molecule has 6 nitrogen and oxygen atoms in total. The van der Waals surface area contributed by atoms with Crippen LogP contribution >= 0.6 is 11.8 Å². The van der Waals surface area contributed by atoms with Crippen LogP contribution in [-0.4, -0.2) is 43.2 Å². The zero-order valence-electron chi connectivity index (χ0n) is 12.5. The number of nitrogens with zero attached hydrogens (tertiary/aromatic N) is 1. The number of aromatic nitrogens is 2. The Kier molecular flexibility index (Phi) is 7.01. The van der Waals surface area contributed by atoms with Gasteiger partial charge in [0.25, 0.3) is 10.0 Å². The molecule has 0 aliphatic rings. The first-order valence-electron chi connectivity index (χ1n) is 6.72. The van der Waals surface area contributed by atoms with E-state index in [0.29, 0.717) is 12.1 Å². The van der Waals surface area contributed by atoms with Crippen molar-refractivity contribution in [2.45, 2.75) is 44.8 Å². The highest BCUT2D eigenvalue weighted by molar-refractivity contribution is 7.98. The average molecular weight is 320 g/mol.